The smallest absolute Gasteiger partial charge is 0.0446 e. The van der Waals surface area contributed by atoms with E-state index in [2.05, 4.69) is 77.0 Å². The van der Waals surface area contributed by atoms with Crippen LogP contribution in [0.2, 0.25) is 0 Å². The molecule has 2 nitrogen and oxygen atoms in total. The van der Waals surface area contributed by atoms with Crippen LogP contribution in [-0.4, -0.2) is 31.6 Å². The van der Waals surface area contributed by atoms with E-state index in [9.17, 15) is 0 Å². The molecule has 1 N–H and O–H groups in total. The monoisotopic (exact) mass is 290 g/mol. The molecule has 0 aliphatic heterocycles. The van der Waals surface area contributed by atoms with Gasteiger partial charge in [0, 0.05) is 25.7 Å². The predicted octanol–water partition coefficient (Wildman–Crippen LogP) is 4.18. The molecule has 0 amide bonds. The lowest BCUT2D eigenvalue weighted by atomic mass is 10.00. The number of hydrogen-bond donors (Lipinski definition) is 1. The van der Waals surface area contributed by atoms with Crippen molar-refractivity contribution in [2.45, 2.75) is 47.6 Å². The van der Waals surface area contributed by atoms with Crippen LogP contribution >= 0.6 is 0 Å². The van der Waals surface area contributed by atoms with Crippen molar-refractivity contribution in [2.24, 2.45) is 11.8 Å². The topological polar surface area (TPSA) is 15.3 Å². The number of rotatable bonds is 8. The molecule has 0 aliphatic rings. The fourth-order valence-electron chi connectivity index (χ4n) is 2.86. The summed E-state index contributed by atoms with van der Waals surface area (Å²) in [4.78, 5) is 2.60. The van der Waals surface area contributed by atoms with Crippen LogP contribution in [0.4, 0.5) is 0 Å². The second-order valence-electron chi connectivity index (χ2n) is 7.19. The number of nitrogens with one attached hydrogen (secondary N) is 1. The number of nitrogens with zero attached hydrogens (tertiary/aromatic N) is 1. The Hall–Kier alpha value is -0.860. The molecule has 21 heavy (non-hydrogen) atoms. The highest BCUT2D eigenvalue weighted by Crippen LogP contribution is 2.19. The highest BCUT2D eigenvalue weighted by Gasteiger charge is 2.17. The van der Waals surface area contributed by atoms with E-state index in [0.717, 1.165) is 6.54 Å². The van der Waals surface area contributed by atoms with Crippen molar-refractivity contribution in [1.82, 2.24) is 10.2 Å². The quantitative estimate of drug-likeness (QED) is 0.772. The maximum Gasteiger partial charge on any atom is 0.0446 e. The van der Waals surface area contributed by atoms with Crippen molar-refractivity contribution in [3.8, 4) is 0 Å². The van der Waals surface area contributed by atoms with Gasteiger partial charge in [-0.1, -0.05) is 45.9 Å². The molecule has 1 aromatic carbocycles. The van der Waals surface area contributed by atoms with Crippen LogP contribution in [0, 0.1) is 25.7 Å². The summed E-state index contributed by atoms with van der Waals surface area (Å²) in [6.45, 7) is 17.0. The Labute approximate surface area is 131 Å². The maximum atomic E-state index is 3.50. The van der Waals surface area contributed by atoms with Crippen molar-refractivity contribution in [3.05, 3.63) is 34.9 Å². The first-order chi connectivity index (χ1) is 9.83. The van der Waals surface area contributed by atoms with Crippen LogP contribution in [0.5, 0.6) is 0 Å². The van der Waals surface area contributed by atoms with Crippen LogP contribution in [0.15, 0.2) is 18.2 Å². The third-order valence-corrected chi connectivity index (χ3v) is 3.97. The third-order valence-electron chi connectivity index (χ3n) is 3.97. The zero-order chi connectivity index (χ0) is 16.0. The number of hydrogen-bond acceptors (Lipinski definition) is 2. The highest BCUT2D eigenvalue weighted by atomic mass is 15.1. The van der Waals surface area contributed by atoms with Gasteiger partial charge < -0.3 is 10.2 Å². The van der Waals surface area contributed by atoms with E-state index in [-0.39, 0.29) is 0 Å². The van der Waals surface area contributed by atoms with E-state index in [1.165, 1.54) is 29.8 Å². The minimum Gasteiger partial charge on any atom is -0.312 e. The molecule has 0 aliphatic carbocycles. The van der Waals surface area contributed by atoms with Gasteiger partial charge in [0.05, 0.1) is 0 Å². The number of aryl methyl sites for hydroxylation is 2. The third kappa shape index (κ3) is 6.19. The lowest BCUT2D eigenvalue weighted by Crippen LogP contribution is -2.38. The molecule has 0 saturated heterocycles. The molecule has 0 bridgehead atoms. The molecule has 0 fully saturated rings. The largest absolute Gasteiger partial charge is 0.312 e. The second kappa shape index (κ2) is 8.55. The molecule has 2 heteroatoms. The normalized spacial score (nSPS) is 13.4. The number of likely N-dealkylation sites (N-methyl/N-ethyl adjacent to an activating group) is 1. The van der Waals surface area contributed by atoms with Gasteiger partial charge in [-0.3, -0.25) is 0 Å². The summed E-state index contributed by atoms with van der Waals surface area (Å²) in [5.41, 5.74) is 4.15. The Balaban J connectivity index is 2.83. The molecule has 0 aromatic heterocycles. The Morgan fingerprint density at radius 3 is 1.90 bits per heavy atom. The van der Waals surface area contributed by atoms with Crippen molar-refractivity contribution < 1.29 is 0 Å². The van der Waals surface area contributed by atoms with E-state index >= 15 is 0 Å². The average Bonchev–Trinajstić information content (AvgIpc) is 2.37. The first-order valence-electron chi connectivity index (χ1n) is 8.30. The van der Waals surface area contributed by atoms with Crippen LogP contribution in [0.3, 0.4) is 0 Å². The van der Waals surface area contributed by atoms with E-state index in [4.69, 9.17) is 0 Å². The standard InChI is InChI=1S/C19H34N2/c1-14(2)11-21(12-15(3)4)13-19(20-7)18-9-8-16(5)17(6)10-18/h8-10,14-15,19-20H,11-13H2,1-7H3. The molecule has 0 spiro atoms. The second-order valence-corrected chi connectivity index (χ2v) is 7.19. The molecule has 1 aromatic rings. The zero-order valence-electron chi connectivity index (χ0n) is 15.0. The Morgan fingerprint density at radius 1 is 0.905 bits per heavy atom. The highest BCUT2D eigenvalue weighted by molar-refractivity contribution is 5.31. The molecule has 0 radical (unpaired) electrons. The zero-order valence-corrected chi connectivity index (χ0v) is 15.0. The Bertz CT molecular complexity index is 414. The SMILES string of the molecule is CNC(CN(CC(C)C)CC(C)C)c1ccc(C)c(C)c1. The van der Waals surface area contributed by atoms with Gasteiger partial charge in [0.15, 0.2) is 0 Å². The van der Waals surface area contributed by atoms with Gasteiger partial charge in [-0.15, -0.1) is 0 Å². The average molecular weight is 290 g/mol. The van der Waals surface area contributed by atoms with Gasteiger partial charge in [-0.2, -0.15) is 0 Å². The van der Waals surface area contributed by atoms with Crippen molar-refractivity contribution >= 4 is 0 Å². The molecular formula is C19H34N2. The van der Waals surface area contributed by atoms with Crippen LogP contribution in [-0.2, 0) is 0 Å². The first kappa shape index (κ1) is 18.2. The lowest BCUT2D eigenvalue weighted by molar-refractivity contribution is 0.200. The van der Waals surface area contributed by atoms with Gasteiger partial charge in [0.1, 0.15) is 0 Å². The van der Waals surface area contributed by atoms with Gasteiger partial charge in [0.2, 0.25) is 0 Å². The maximum absolute atomic E-state index is 3.50. The summed E-state index contributed by atoms with van der Waals surface area (Å²) in [7, 11) is 2.07. The van der Waals surface area contributed by atoms with E-state index in [0.29, 0.717) is 17.9 Å². The Morgan fingerprint density at radius 2 is 1.48 bits per heavy atom. The van der Waals surface area contributed by atoms with Crippen molar-refractivity contribution in [2.75, 3.05) is 26.7 Å². The Kier molecular flexibility index (Phi) is 7.41. The van der Waals surface area contributed by atoms with E-state index in [1.807, 2.05) is 0 Å². The van der Waals surface area contributed by atoms with E-state index in [1.54, 1.807) is 0 Å². The molecule has 0 heterocycles. The first-order valence-corrected chi connectivity index (χ1v) is 8.30. The fraction of sp³-hybridized carbons (Fsp3) is 0.684. The van der Waals surface area contributed by atoms with Gasteiger partial charge >= 0.3 is 0 Å². The minimum absolute atomic E-state index is 0.404. The fourth-order valence-corrected chi connectivity index (χ4v) is 2.86. The summed E-state index contributed by atoms with van der Waals surface area (Å²) >= 11 is 0. The van der Waals surface area contributed by atoms with Crippen molar-refractivity contribution in [1.29, 1.82) is 0 Å². The van der Waals surface area contributed by atoms with Crippen molar-refractivity contribution in [3.63, 3.8) is 0 Å². The molecule has 1 atom stereocenters. The summed E-state index contributed by atoms with van der Waals surface area (Å²) in [5.74, 6) is 1.42. The van der Waals surface area contributed by atoms with Gasteiger partial charge in [-0.05, 0) is 49.4 Å². The summed E-state index contributed by atoms with van der Waals surface area (Å²) < 4.78 is 0. The van der Waals surface area contributed by atoms with Crippen LogP contribution in [0.25, 0.3) is 0 Å². The predicted molar refractivity (Wildman–Crippen MR) is 93.8 cm³/mol. The molecule has 0 saturated carbocycles. The van der Waals surface area contributed by atoms with Gasteiger partial charge in [-0.25, -0.2) is 0 Å². The molecule has 120 valence electrons. The van der Waals surface area contributed by atoms with E-state index < -0.39 is 0 Å². The van der Waals surface area contributed by atoms with Crippen LogP contribution in [0.1, 0.15) is 50.4 Å². The summed E-state index contributed by atoms with van der Waals surface area (Å²) in [6.07, 6.45) is 0. The van der Waals surface area contributed by atoms with Gasteiger partial charge in [0.25, 0.3) is 0 Å². The molecule has 1 unspecified atom stereocenters. The van der Waals surface area contributed by atoms with Crippen LogP contribution < -0.4 is 5.32 Å². The molecular weight excluding hydrogens is 256 g/mol. The lowest BCUT2D eigenvalue weighted by Gasteiger charge is -2.30. The number of benzene rings is 1. The summed E-state index contributed by atoms with van der Waals surface area (Å²) in [6, 6.07) is 7.25. The minimum atomic E-state index is 0.404. The summed E-state index contributed by atoms with van der Waals surface area (Å²) in [5, 5.41) is 3.50. The molecule has 1 rings (SSSR count).